The Kier molecular flexibility index (Phi) is 3.31. The van der Waals surface area contributed by atoms with Crippen LogP contribution in [0.25, 0.3) is 0 Å². The van der Waals surface area contributed by atoms with Crippen molar-refractivity contribution in [2.75, 3.05) is 0 Å². The van der Waals surface area contributed by atoms with Gasteiger partial charge in [-0.3, -0.25) is 9.59 Å². The topological polar surface area (TPSA) is 48.3 Å². The number of carbonyl (C=O) groups is 2. The Hall–Kier alpha value is -1.58. The van der Waals surface area contributed by atoms with Crippen LogP contribution in [-0.4, -0.2) is 22.4 Å². The summed E-state index contributed by atoms with van der Waals surface area (Å²) < 4.78 is 6.82. The van der Waals surface area contributed by atoms with E-state index >= 15 is 0 Å². The highest BCUT2D eigenvalue weighted by Crippen LogP contribution is 2.21. The lowest BCUT2D eigenvalue weighted by molar-refractivity contribution is -0.148. The zero-order valence-corrected chi connectivity index (χ0v) is 10.2. The summed E-state index contributed by atoms with van der Waals surface area (Å²) in [6, 6.07) is 0. The monoisotopic (exact) mass is 235 g/mol. The van der Waals surface area contributed by atoms with Crippen LogP contribution in [-0.2, 0) is 22.5 Å². The molecule has 1 aromatic rings. The van der Waals surface area contributed by atoms with Crippen LogP contribution in [0.3, 0.4) is 0 Å². The number of rotatable bonds is 3. The van der Waals surface area contributed by atoms with Crippen LogP contribution in [0.4, 0.5) is 0 Å². The highest BCUT2D eigenvalue weighted by Gasteiger charge is 2.19. The Morgan fingerprint density at radius 1 is 1.41 bits per heavy atom. The molecule has 1 aliphatic rings. The SMILES string of the molecule is CC(C)OC(=O)Cn1cc2c(c1)C(=O)CCC2. The minimum atomic E-state index is -0.264. The number of aromatic nitrogens is 1. The van der Waals surface area contributed by atoms with Crippen molar-refractivity contribution in [2.45, 2.75) is 45.8 Å². The third kappa shape index (κ3) is 2.75. The number of esters is 1. The number of ketones is 1. The van der Waals surface area contributed by atoms with E-state index in [1.807, 2.05) is 20.0 Å². The molecule has 92 valence electrons. The maximum Gasteiger partial charge on any atom is 0.326 e. The van der Waals surface area contributed by atoms with E-state index in [-0.39, 0.29) is 24.4 Å². The minimum Gasteiger partial charge on any atom is -0.462 e. The molecule has 4 heteroatoms. The number of fused-ring (bicyclic) bond motifs is 1. The molecule has 4 nitrogen and oxygen atoms in total. The van der Waals surface area contributed by atoms with E-state index in [0.717, 1.165) is 24.0 Å². The number of hydrogen-bond donors (Lipinski definition) is 0. The molecule has 1 aliphatic carbocycles. The molecule has 0 saturated heterocycles. The van der Waals surface area contributed by atoms with E-state index < -0.39 is 0 Å². The second-order valence-electron chi connectivity index (χ2n) is 4.68. The van der Waals surface area contributed by atoms with Gasteiger partial charge in [0.15, 0.2) is 5.78 Å². The van der Waals surface area contributed by atoms with Crippen LogP contribution in [0, 0.1) is 0 Å². The fourth-order valence-electron chi connectivity index (χ4n) is 2.12. The van der Waals surface area contributed by atoms with Crippen LogP contribution < -0.4 is 0 Å². The first kappa shape index (κ1) is 11.9. The third-order valence-electron chi connectivity index (χ3n) is 2.79. The molecule has 0 spiro atoms. The summed E-state index contributed by atoms with van der Waals surface area (Å²) in [6.07, 6.45) is 5.99. The van der Waals surface area contributed by atoms with Gasteiger partial charge in [0.1, 0.15) is 6.54 Å². The van der Waals surface area contributed by atoms with E-state index in [1.54, 1.807) is 10.8 Å². The first-order valence-electron chi connectivity index (χ1n) is 5.97. The standard InChI is InChI=1S/C13H17NO3/c1-9(2)17-13(16)8-14-6-10-4-3-5-12(15)11(10)7-14/h6-7,9H,3-5,8H2,1-2H3. The molecule has 0 saturated carbocycles. The summed E-state index contributed by atoms with van der Waals surface area (Å²) in [6.45, 7) is 3.82. The second-order valence-corrected chi connectivity index (χ2v) is 4.68. The summed E-state index contributed by atoms with van der Waals surface area (Å²) in [5.74, 6) is -0.0815. The van der Waals surface area contributed by atoms with Gasteiger partial charge in [0.25, 0.3) is 0 Å². The number of hydrogen-bond acceptors (Lipinski definition) is 3. The molecule has 0 radical (unpaired) electrons. The van der Waals surface area contributed by atoms with Gasteiger partial charge in [0, 0.05) is 24.4 Å². The van der Waals surface area contributed by atoms with Gasteiger partial charge in [-0.25, -0.2) is 0 Å². The van der Waals surface area contributed by atoms with Crippen molar-refractivity contribution < 1.29 is 14.3 Å². The molecule has 0 N–H and O–H groups in total. The van der Waals surface area contributed by atoms with Gasteiger partial charge < -0.3 is 9.30 Å². The summed E-state index contributed by atoms with van der Waals surface area (Å²) in [4.78, 5) is 23.1. The van der Waals surface area contributed by atoms with E-state index in [9.17, 15) is 9.59 Å². The molecule has 0 atom stereocenters. The van der Waals surface area contributed by atoms with Crippen LogP contribution in [0.5, 0.6) is 0 Å². The predicted molar refractivity (Wildman–Crippen MR) is 62.9 cm³/mol. The van der Waals surface area contributed by atoms with Gasteiger partial charge >= 0.3 is 5.97 Å². The Bertz CT molecular complexity index is 446. The average molecular weight is 235 g/mol. The lowest BCUT2D eigenvalue weighted by Crippen LogP contribution is -2.16. The molecule has 17 heavy (non-hydrogen) atoms. The fraction of sp³-hybridized carbons (Fsp3) is 0.538. The molecular formula is C13H17NO3. The highest BCUT2D eigenvalue weighted by molar-refractivity contribution is 5.98. The first-order valence-corrected chi connectivity index (χ1v) is 5.97. The maximum atomic E-state index is 11.6. The van der Waals surface area contributed by atoms with Crippen LogP contribution in [0.2, 0.25) is 0 Å². The summed E-state index contributed by atoms with van der Waals surface area (Å²) in [5, 5.41) is 0. The second kappa shape index (κ2) is 4.73. The van der Waals surface area contributed by atoms with Gasteiger partial charge in [0.2, 0.25) is 0 Å². The number of nitrogens with zero attached hydrogens (tertiary/aromatic N) is 1. The fourth-order valence-corrected chi connectivity index (χ4v) is 2.12. The van der Waals surface area contributed by atoms with Crippen molar-refractivity contribution >= 4 is 11.8 Å². The van der Waals surface area contributed by atoms with Gasteiger partial charge in [-0.1, -0.05) is 0 Å². The lowest BCUT2D eigenvalue weighted by atomic mass is 9.95. The number of carbonyl (C=O) groups excluding carboxylic acids is 2. The highest BCUT2D eigenvalue weighted by atomic mass is 16.5. The molecule has 1 aromatic heterocycles. The van der Waals surface area contributed by atoms with E-state index in [4.69, 9.17) is 4.74 Å². The number of ether oxygens (including phenoxy) is 1. The molecule has 0 fully saturated rings. The van der Waals surface area contributed by atoms with Gasteiger partial charge in [-0.05, 0) is 32.3 Å². The Morgan fingerprint density at radius 2 is 2.18 bits per heavy atom. The van der Waals surface area contributed by atoms with Crippen molar-refractivity contribution in [2.24, 2.45) is 0 Å². The summed E-state index contributed by atoms with van der Waals surface area (Å²) in [5.41, 5.74) is 1.83. The molecule has 0 unspecified atom stereocenters. The Labute approximate surface area is 101 Å². The average Bonchev–Trinajstić information content (AvgIpc) is 2.60. The van der Waals surface area contributed by atoms with Gasteiger partial charge in [0.05, 0.1) is 6.10 Å². The van der Waals surface area contributed by atoms with E-state index in [2.05, 4.69) is 0 Å². The molecule has 2 rings (SSSR count). The smallest absolute Gasteiger partial charge is 0.326 e. The van der Waals surface area contributed by atoms with E-state index in [1.165, 1.54) is 0 Å². The van der Waals surface area contributed by atoms with Crippen molar-refractivity contribution in [3.63, 3.8) is 0 Å². The summed E-state index contributed by atoms with van der Waals surface area (Å²) in [7, 11) is 0. The van der Waals surface area contributed by atoms with E-state index in [0.29, 0.717) is 6.42 Å². The van der Waals surface area contributed by atoms with Crippen molar-refractivity contribution in [3.05, 3.63) is 23.5 Å². The largest absolute Gasteiger partial charge is 0.462 e. The summed E-state index contributed by atoms with van der Waals surface area (Å²) >= 11 is 0. The molecule has 1 heterocycles. The maximum absolute atomic E-state index is 11.6. The Balaban J connectivity index is 2.08. The molecule has 0 aromatic carbocycles. The third-order valence-corrected chi connectivity index (χ3v) is 2.79. The van der Waals surface area contributed by atoms with Crippen LogP contribution >= 0.6 is 0 Å². The first-order chi connectivity index (χ1) is 8.06. The number of aryl methyl sites for hydroxylation is 1. The van der Waals surface area contributed by atoms with Gasteiger partial charge in [-0.15, -0.1) is 0 Å². The Morgan fingerprint density at radius 3 is 2.82 bits per heavy atom. The molecule has 0 bridgehead atoms. The minimum absolute atomic E-state index is 0.102. The molecule has 0 amide bonds. The number of Topliss-reactive ketones (excluding diaryl/α,β-unsaturated/α-hetero) is 1. The quantitative estimate of drug-likeness (QED) is 0.752. The molecular weight excluding hydrogens is 218 g/mol. The predicted octanol–water partition coefficient (Wildman–Crippen LogP) is 1.96. The van der Waals surface area contributed by atoms with Gasteiger partial charge in [-0.2, -0.15) is 0 Å². The molecule has 0 aliphatic heterocycles. The normalized spacial score (nSPS) is 14.9. The van der Waals surface area contributed by atoms with Crippen LogP contribution in [0.1, 0.15) is 42.6 Å². The van der Waals surface area contributed by atoms with Crippen molar-refractivity contribution in [1.82, 2.24) is 4.57 Å². The lowest BCUT2D eigenvalue weighted by Gasteiger charge is -2.07. The van der Waals surface area contributed by atoms with Crippen molar-refractivity contribution in [1.29, 1.82) is 0 Å². The zero-order chi connectivity index (χ0) is 12.4. The zero-order valence-electron chi connectivity index (χ0n) is 10.2. The van der Waals surface area contributed by atoms with Crippen LogP contribution in [0.15, 0.2) is 12.4 Å². The van der Waals surface area contributed by atoms with Crippen molar-refractivity contribution in [3.8, 4) is 0 Å².